The molecule has 2 amide bonds. The van der Waals surface area contributed by atoms with Gasteiger partial charge in [-0.25, -0.2) is 8.42 Å². The summed E-state index contributed by atoms with van der Waals surface area (Å²) in [6.45, 7) is 0.252. The number of amides is 2. The van der Waals surface area contributed by atoms with Gasteiger partial charge in [-0.3, -0.25) is 14.5 Å². The van der Waals surface area contributed by atoms with E-state index in [0.29, 0.717) is 6.42 Å². The number of sulfone groups is 1. The Morgan fingerprint density at radius 1 is 1.12 bits per heavy atom. The van der Waals surface area contributed by atoms with Crippen LogP contribution in [0.5, 0.6) is 0 Å². The van der Waals surface area contributed by atoms with E-state index < -0.39 is 20.7 Å². The van der Waals surface area contributed by atoms with E-state index >= 15 is 0 Å². The van der Waals surface area contributed by atoms with Crippen molar-refractivity contribution in [3.8, 4) is 0 Å². The highest BCUT2D eigenvalue weighted by molar-refractivity contribution is 7.90. The first-order valence-corrected chi connectivity index (χ1v) is 10.4. The monoisotopic (exact) mass is 347 g/mol. The Morgan fingerprint density at radius 2 is 1.83 bits per heavy atom. The molecule has 24 heavy (non-hydrogen) atoms. The maximum atomic E-state index is 13.1. The van der Waals surface area contributed by atoms with Crippen LogP contribution in [-0.2, 0) is 31.3 Å². The fourth-order valence-electron chi connectivity index (χ4n) is 4.47. The van der Waals surface area contributed by atoms with Gasteiger partial charge in [0.05, 0.1) is 11.2 Å². The van der Waals surface area contributed by atoms with Crippen molar-refractivity contribution in [2.45, 2.75) is 37.5 Å². The molecule has 4 rings (SSSR count). The average molecular weight is 347 g/mol. The van der Waals surface area contributed by atoms with Gasteiger partial charge in [0.15, 0.2) is 0 Å². The topological polar surface area (TPSA) is 71.5 Å². The molecule has 1 spiro atoms. The van der Waals surface area contributed by atoms with E-state index in [1.165, 1.54) is 11.2 Å². The van der Waals surface area contributed by atoms with Gasteiger partial charge in [-0.2, -0.15) is 0 Å². The lowest BCUT2D eigenvalue weighted by atomic mass is 9.80. The molecule has 5 nitrogen and oxygen atoms in total. The fraction of sp³-hybridized carbons (Fsp3) is 0.556. The van der Waals surface area contributed by atoms with Crippen molar-refractivity contribution < 1.29 is 18.0 Å². The van der Waals surface area contributed by atoms with Crippen LogP contribution in [0.15, 0.2) is 24.3 Å². The Hall–Kier alpha value is -1.69. The Balaban J connectivity index is 1.62. The van der Waals surface area contributed by atoms with Crippen LogP contribution in [0.2, 0.25) is 0 Å². The van der Waals surface area contributed by atoms with Crippen LogP contribution in [0.1, 0.15) is 36.8 Å². The fourth-order valence-corrected chi connectivity index (χ4v) is 5.96. The highest BCUT2D eigenvalue weighted by Gasteiger charge is 2.58. The number of benzene rings is 1. The van der Waals surface area contributed by atoms with Crippen molar-refractivity contribution in [2.75, 3.05) is 18.6 Å². The lowest BCUT2D eigenvalue weighted by Crippen LogP contribution is -2.41. The molecule has 1 atom stereocenters. The number of nitrogens with zero attached hydrogens (tertiary/aromatic N) is 1. The minimum atomic E-state index is -3.12. The Labute approximate surface area is 142 Å². The van der Waals surface area contributed by atoms with Crippen molar-refractivity contribution in [3.63, 3.8) is 0 Å². The average Bonchev–Trinajstić information content (AvgIpc) is 3.08. The van der Waals surface area contributed by atoms with Crippen LogP contribution < -0.4 is 0 Å². The zero-order valence-electron chi connectivity index (χ0n) is 13.7. The number of imide groups is 1. The van der Waals surface area contributed by atoms with Gasteiger partial charge in [-0.05, 0) is 36.8 Å². The normalized spacial score (nSPS) is 27.8. The molecule has 1 heterocycles. The predicted molar refractivity (Wildman–Crippen MR) is 89.2 cm³/mol. The summed E-state index contributed by atoms with van der Waals surface area (Å²) in [5.74, 6) is -0.227. The number of fused-ring (bicyclic) bond motifs is 2. The maximum Gasteiger partial charge on any atom is 0.240 e. The molecule has 1 aliphatic heterocycles. The van der Waals surface area contributed by atoms with Gasteiger partial charge in [-0.15, -0.1) is 0 Å². The molecular weight excluding hydrogens is 326 g/mol. The lowest BCUT2D eigenvalue weighted by Gasteiger charge is -2.25. The predicted octanol–water partition coefficient (Wildman–Crippen LogP) is 1.45. The number of carbonyl (C=O) groups excluding carboxylic acids is 2. The minimum Gasteiger partial charge on any atom is -0.281 e. The number of hydrogen-bond donors (Lipinski definition) is 0. The molecule has 2 aliphatic carbocycles. The molecule has 0 aromatic heterocycles. The van der Waals surface area contributed by atoms with Crippen LogP contribution in [-0.4, -0.2) is 43.7 Å². The zero-order chi connectivity index (χ0) is 17.2. The Kier molecular flexibility index (Phi) is 3.24. The molecule has 1 aromatic carbocycles. The highest BCUT2D eigenvalue weighted by atomic mass is 32.2. The van der Waals surface area contributed by atoms with Crippen LogP contribution in [0.3, 0.4) is 0 Å². The maximum absolute atomic E-state index is 13.1. The lowest BCUT2D eigenvalue weighted by molar-refractivity contribution is -0.140. The first-order chi connectivity index (χ1) is 11.2. The van der Waals surface area contributed by atoms with Gasteiger partial charge in [0.25, 0.3) is 0 Å². The summed E-state index contributed by atoms with van der Waals surface area (Å²) in [6, 6.07) is 7.86. The second-order valence-corrected chi connectivity index (χ2v) is 9.91. The van der Waals surface area contributed by atoms with Crippen LogP contribution in [0.25, 0.3) is 0 Å². The molecule has 2 fully saturated rings. The summed E-state index contributed by atoms with van der Waals surface area (Å²) >= 11 is 0. The summed E-state index contributed by atoms with van der Waals surface area (Å²) in [7, 11) is -3.12. The molecule has 0 bridgehead atoms. The van der Waals surface area contributed by atoms with Crippen molar-refractivity contribution in [1.82, 2.24) is 4.90 Å². The summed E-state index contributed by atoms with van der Waals surface area (Å²) in [5, 5.41) is 0. The highest BCUT2D eigenvalue weighted by Crippen LogP contribution is 2.51. The SMILES string of the molecule is CS(=O)(=O)CC1(CN2C(=O)CC3(CCc4ccccc43)C2=O)CC1. The second kappa shape index (κ2) is 4.91. The van der Waals surface area contributed by atoms with E-state index in [1.54, 1.807) is 0 Å². The van der Waals surface area contributed by atoms with E-state index in [1.807, 2.05) is 24.3 Å². The van der Waals surface area contributed by atoms with E-state index in [0.717, 1.165) is 30.4 Å². The summed E-state index contributed by atoms with van der Waals surface area (Å²) in [6.07, 6.45) is 4.46. The first kappa shape index (κ1) is 15.8. The van der Waals surface area contributed by atoms with Gasteiger partial charge in [0.2, 0.25) is 11.8 Å². The molecule has 6 heteroatoms. The molecule has 1 saturated carbocycles. The van der Waals surface area contributed by atoms with Gasteiger partial charge in [-0.1, -0.05) is 24.3 Å². The molecule has 1 unspecified atom stereocenters. The second-order valence-electron chi connectivity index (χ2n) is 7.77. The number of hydrogen-bond acceptors (Lipinski definition) is 4. The number of aryl methyl sites for hydroxylation is 1. The van der Waals surface area contributed by atoms with E-state index in [4.69, 9.17) is 0 Å². The Bertz CT molecular complexity index is 840. The number of rotatable bonds is 4. The Morgan fingerprint density at radius 3 is 2.50 bits per heavy atom. The molecular formula is C18H21NO4S. The van der Waals surface area contributed by atoms with Gasteiger partial charge in [0, 0.05) is 24.6 Å². The third-order valence-electron chi connectivity index (χ3n) is 5.78. The molecule has 1 saturated heterocycles. The molecule has 128 valence electrons. The number of likely N-dealkylation sites (tertiary alicyclic amines) is 1. The zero-order valence-corrected chi connectivity index (χ0v) is 14.6. The molecule has 0 N–H and O–H groups in total. The smallest absolute Gasteiger partial charge is 0.240 e. The minimum absolute atomic E-state index is 0.0562. The standard InChI is InChI=1S/C18H21NO4S/c1-24(22,23)12-17(8-9-17)11-19-15(20)10-18(16(19)21)7-6-13-4-2-3-5-14(13)18/h2-5H,6-12H2,1H3. The van der Waals surface area contributed by atoms with Gasteiger partial charge in [0.1, 0.15) is 9.84 Å². The van der Waals surface area contributed by atoms with Crippen molar-refractivity contribution in [3.05, 3.63) is 35.4 Å². The number of carbonyl (C=O) groups is 2. The molecule has 0 radical (unpaired) electrons. The van der Waals surface area contributed by atoms with Crippen molar-refractivity contribution >= 4 is 21.7 Å². The summed E-state index contributed by atoms with van der Waals surface area (Å²) in [5.41, 5.74) is 1.01. The van der Waals surface area contributed by atoms with E-state index in [9.17, 15) is 18.0 Å². The molecule has 1 aromatic rings. The van der Waals surface area contributed by atoms with E-state index in [2.05, 4.69) is 0 Å². The van der Waals surface area contributed by atoms with Crippen LogP contribution in [0, 0.1) is 5.41 Å². The first-order valence-electron chi connectivity index (χ1n) is 8.36. The third kappa shape index (κ3) is 2.39. The van der Waals surface area contributed by atoms with Gasteiger partial charge >= 0.3 is 0 Å². The van der Waals surface area contributed by atoms with Crippen molar-refractivity contribution in [2.24, 2.45) is 5.41 Å². The summed E-state index contributed by atoms with van der Waals surface area (Å²) < 4.78 is 23.3. The quantitative estimate of drug-likeness (QED) is 0.773. The third-order valence-corrected chi connectivity index (χ3v) is 6.92. The van der Waals surface area contributed by atoms with Crippen LogP contribution >= 0.6 is 0 Å². The largest absolute Gasteiger partial charge is 0.281 e. The van der Waals surface area contributed by atoms with Gasteiger partial charge < -0.3 is 0 Å². The van der Waals surface area contributed by atoms with E-state index in [-0.39, 0.29) is 30.5 Å². The molecule has 3 aliphatic rings. The summed E-state index contributed by atoms with van der Waals surface area (Å²) in [4.78, 5) is 27.1. The van der Waals surface area contributed by atoms with Crippen LogP contribution in [0.4, 0.5) is 0 Å². The van der Waals surface area contributed by atoms with Crippen molar-refractivity contribution in [1.29, 1.82) is 0 Å².